The van der Waals surface area contributed by atoms with E-state index in [2.05, 4.69) is 21.0 Å². The summed E-state index contributed by atoms with van der Waals surface area (Å²) in [6.07, 6.45) is 3.77. The Morgan fingerprint density at radius 3 is 2.80 bits per heavy atom. The van der Waals surface area contributed by atoms with E-state index in [0.717, 1.165) is 17.7 Å². The lowest BCUT2D eigenvalue weighted by molar-refractivity contribution is 0.282. The van der Waals surface area contributed by atoms with Crippen LogP contribution >= 0.6 is 27.5 Å². The zero-order valence-electron chi connectivity index (χ0n) is 11.4. The lowest BCUT2D eigenvalue weighted by Gasteiger charge is -2.14. The molecular formula is C14H16BrClN2O2. The molecule has 0 aliphatic rings. The fourth-order valence-corrected chi connectivity index (χ4v) is 2.49. The summed E-state index contributed by atoms with van der Waals surface area (Å²) in [7, 11) is 1.60. The molecule has 0 saturated carbocycles. The summed E-state index contributed by atoms with van der Waals surface area (Å²) >= 11 is 9.49. The van der Waals surface area contributed by atoms with Gasteiger partial charge in [-0.1, -0.05) is 27.5 Å². The van der Waals surface area contributed by atoms with Gasteiger partial charge < -0.3 is 9.47 Å². The van der Waals surface area contributed by atoms with Crippen LogP contribution in [0.5, 0.6) is 11.5 Å². The molecule has 0 saturated heterocycles. The average molecular weight is 360 g/mol. The highest BCUT2D eigenvalue weighted by Gasteiger charge is 2.12. The number of aromatic nitrogens is 2. The molecule has 0 radical (unpaired) electrons. The van der Waals surface area contributed by atoms with Crippen LogP contribution in [-0.2, 0) is 18.5 Å². The van der Waals surface area contributed by atoms with Crippen LogP contribution in [0.3, 0.4) is 0 Å². The highest BCUT2D eigenvalue weighted by Crippen LogP contribution is 2.36. The van der Waals surface area contributed by atoms with Crippen molar-refractivity contribution in [3.8, 4) is 11.5 Å². The summed E-state index contributed by atoms with van der Waals surface area (Å²) in [5, 5.41) is 5.49. The van der Waals surface area contributed by atoms with Crippen LogP contribution in [-0.4, -0.2) is 16.9 Å². The third-order valence-electron chi connectivity index (χ3n) is 2.85. The number of aryl methyl sites for hydroxylation is 1. The summed E-state index contributed by atoms with van der Waals surface area (Å²) in [5.41, 5.74) is 1.97. The molecule has 2 aromatic rings. The number of ether oxygens (including phenoxy) is 2. The Labute approximate surface area is 131 Å². The van der Waals surface area contributed by atoms with E-state index < -0.39 is 0 Å². The second-order valence-corrected chi connectivity index (χ2v) is 5.22. The molecule has 6 heteroatoms. The van der Waals surface area contributed by atoms with Gasteiger partial charge >= 0.3 is 0 Å². The van der Waals surface area contributed by atoms with E-state index in [-0.39, 0.29) is 0 Å². The Kier molecular flexibility index (Phi) is 5.31. The van der Waals surface area contributed by atoms with Gasteiger partial charge in [0.1, 0.15) is 6.61 Å². The van der Waals surface area contributed by atoms with Crippen molar-refractivity contribution in [1.82, 2.24) is 9.78 Å². The second kappa shape index (κ2) is 6.99. The first kappa shape index (κ1) is 15.2. The van der Waals surface area contributed by atoms with Crippen molar-refractivity contribution < 1.29 is 9.47 Å². The zero-order chi connectivity index (χ0) is 14.5. The molecule has 0 amide bonds. The zero-order valence-corrected chi connectivity index (χ0v) is 13.7. The second-order valence-electron chi connectivity index (χ2n) is 4.22. The van der Waals surface area contributed by atoms with Crippen molar-refractivity contribution in [2.24, 2.45) is 0 Å². The molecular weight excluding hydrogens is 344 g/mol. The number of hydrogen-bond donors (Lipinski definition) is 0. The van der Waals surface area contributed by atoms with Crippen molar-refractivity contribution in [2.75, 3.05) is 7.11 Å². The minimum atomic E-state index is 0.442. The van der Waals surface area contributed by atoms with Gasteiger partial charge in [-0.15, -0.1) is 0 Å². The minimum Gasteiger partial charge on any atom is -0.493 e. The molecule has 1 heterocycles. The van der Waals surface area contributed by atoms with Gasteiger partial charge in [-0.3, -0.25) is 4.68 Å². The average Bonchev–Trinajstić information content (AvgIpc) is 2.92. The van der Waals surface area contributed by atoms with Crippen molar-refractivity contribution in [1.29, 1.82) is 0 Å². The van der Waals surface area contributed by atoms with Gasteiger partial charge in [0.05, 0.1) is 13.3 Å². The molecule has 0 N–H and O–H groups in total. The van der Waals surface area contributed by atoms with Crippen LogP contribution in [0.15, 0.2) is 24.5 Å². The van der Waals surface area contributed by atoms with Gasteiger partial charge in [-0.05, 0) is 13.0 Å². The number of methoxy groups -OCH3 is 1. The van der Waals surface area contributed by atoms with E-state index in [0.29, 0.717) is 28.5 Å². The standard InChI is InChI=1S/C14H16BrClN2O2/c1-3-18-8-10(7-17-18)9-20-14-11(6-15)4-12(16)5-13(14)19-2/h4-5,7-8H,3,6,9H2,1-2H3. The number of alkyl halides is 1. The molecule has 0 atom stereocenters. The summed E-state index contributed by atoms with van der Waals surface area (Å²) in [6.45, 7) is 3.33. The van der Waals surface area contributed by atoms with Crippen molar-refractivity contribution >= 4 is 27.5 Å². The molecule has 2 rings (SSSR count). The lowest BCUT2D eigenvalue weighted by atomic mass is 10.2. The molecule has 0 fully saturated rings. The Morgan fingerprint density at radius 2 is 2.20 bits per heavy atom. The van der Waals surface area contributed by atoms with Gasteiger partial charge in [0, 0.05) is 40.3 Å². The van der Waals surface area contributed by atoms with Crippen LogP contribution < -0.4 is 9.47 Å². The van der Waals surface area contributed by atoms with Gasteiger partial charge in [-0.2, -0.15) is 5.10 Å². The van der Waals surface area contributed by atoms with E-state index in [4.69, 9.17) is 21.1 Å². The largest absolute Gasteiger partial charge is 0.493 e. The predicted octanol–water partition coefficient (Wildman–Crippen LogP) is 4.04. The smallest absolute Gasteiger partial charge is 0.165 e. The molecule has 0 unspecified atom stereocenters. The van der Waals surface area contributed by atoms with Crippen LogP contribution in [0.4, 0.5) is 0 Å². The van der Waals surface area contributed by atoms with Gasteiger partial charge in [0.15, 0.2) is 11.5 Å². The predicted molar refractivity (Wildman–Crippen MR) is 82.9 cm³/mol. The van der Waals surface area contributed by atoms with Crippen molar-refractivity contribution in [2.45, 2.75) is 25.4 Å². The van der Waals surface area contributed by atoms with E-state index in [1.165, 1.54) is 0 Å². The number of hydrogen-bond acceptors (Lipinski definition) is 3. The maximum absolute atomic E-state index is 6.05. The number of nitrogens with zero attached hydrogens (tertiary/aromatic N) is 2. The third-order valence-corrected chi connectivity index (χ3v) is 3.68. The van der Waals surface area contributed by atoms with E-state index >= 15 is 0 Å². The van der Waals surface area contributed by atoms with Crippen molar-refractivity contribution in [3.05, 3.63) is 40.7 Å². The maximum atomic E-state index is 6.05. The van der Waals surface area contributed by atoms with Crippen molar-refractivity contribution in [3.63, 3.8) is 0 Å². The summed E-state index contributed by atoms with van der Waals surface area (Å²) in [4.78, 5) is 0. The molecule has 0 spiro atoms. The van der Waals surface area contributed by atoms with Crippen LogP contribution in [0.25, 0.3) is 0 Å². The molecule has 20 heavy (non-hydrogen) atoms. The van der Waals surface area contributed by atoms with Crippen LogP contribution in [0.2, 0.25) is 5.02 Å². The first-order chi connectivity index (χ1) is 9.67. The van der Waals surface area contributed by atoms with Crippen LogP contribution in [0.1, 0.15) is 18.1 Å². The highest BCUT2D eigenvalue weighted by atomic mass is 79.9. The fraction of sp³-hybridized carbons (Fsp3) is 0.357. The van der Waals surface area contributed by atoms with E-state index in [1.807, 2.05) is 23.9 Å². The van der Waals surface area contributed by atoms with E-state index in [9.17, 15) is 0 Å². The monoisotopic (exact) mass is 358 g/mol. The Balaban J connectivity index is 2.19. The first-order valence-electron chi connectivity index (χ1n) is 6.24. The normalized spacial score (nSPS) is 10.6. The van der Waals surface area contributed by atoms with Crippen LogP contribution in [0, 0.1) is 0 Å². The van der Waals surface area contributed by atoms with Gasteiger partial charge in [0.2, 0.25) is 0 Å². The Hall–Kier alpha value is -1.20. The summed E-state index contributed by atoms with van der Waals surface area (Å²) in [6, 6.07) is 3.61. The minimum absolute atomic E-state index is 0.442. The topological polar surface area (TPSA) is 36.3 Å². The molecule has 1 aromatic carbocycles. The molecule has 0 bridgehead atoms. The van der Waals surface area contributed by atoms with E-state index in [1.54, 1.807) is 19.4 Å². The Bertz CT molecular complexity index is 561. The SMILES string of the molecule is CCn1cc(COc2c(CBr)cc(Cl)cc2OC)cn1. The number of rotatable bonds is 6. The van der Waals surface area contributed by atoms with Gasteiger partial charge in [-0.25, -0.2) is 0 Å². The molecule has 4 nitrogen and oxygen atoms in total. The molecule has 0 aliphatic heterocycles. The maximum Gasteiger partial charge on any atom is 0.165 e. The Morgan fingerprint density at radius 1 is 1.40 bits per heavy atom. The quantitative estimate of drug-likeness (QED) is 0.730. The number of benzene rings is 1. The lowest BCUT2D eigenvalue weighted by Crippen LogP contribution is -2.00. The summed E-state index contributed by atoms with van der Waals surface area (Å²) in [5.74, 6) is 1.34. The first-order valence-corrected chi connectivity index (χ1v) is 7.74. The molecule has 0 aliphatic carbocycles. The van der Waals surface area contributed by atoms with Gasteiger partial charge in [0.25, 0.3) is 0 Å². The fourth-order valence-electron chi connectivity index (χ4n) is 1.85. The highest BCUT2D eigenvalue weighted by molar-refractivity contribution is 9.08. The molecule has 1 aromatic heterocycles. The number of halogens is 2. The summed E-state index contributed by atoms with van der Waals surface area (Å²) < 4.78 is 13.1. The third kappa shape index (κ3) is 3.46. The molecule has 108 valence electrons.